The van der Waals surface area contributed by atoms with E-state index >= 15 is 0 Å². The molecule has 12 aromatic rings. The highest BCUT2D eigenvalue weighted by Gasteiger charge is 2.47. The summed E-state index contributed by atoms with van der Waals surface area (Å²) in [6, 6.07) is 84.7. The standard InChI is InChI=1S/C61H38O/c1-3-17-45(18-4-1)61(46-19-5-2-6-20-46)53-26-14-13-25-51(53)59-54(61)34-36-56-60(59)52-38-44(33-35-55(52)62-56)58-49-23-11-9-21-47(49)57(48-22-10-12-24-50(48)58)41-30-27-40(28-31-41)43-32-29-39-15-7-8-16-42(39)37-43/h1-38H. The van der Waals surface area contributed by atoms with Crippen LogP contribution in [0.1, 0.15) is 22.3 Å². The summed E-state index contributed by atoms with van der Waals surface area (Å²) in [5.74, 6) is 0. The lowest BCUT2D eigenvalue weighted by Gasteiger charge is -2.33. The zero-order valence-corrected chi connectivity index (χ0v) is 33.8. The van der Waals surface area contributed by atoms with Crippen LogP contribution in [0.2, 0.25) is 0 Å². The summed E-state index contributed by atoms with van der Waals surface area (Å²) in [6.45, 7) is 0. The number of fused-ring (bicyclic) bond motifs is 10. The molecule has 0 spiro atoms. The molecule has 0 N–H and O–H groups in total. The van der Waals surface area contributed by atoms with Crippen molar-refractivity contribution < 1.29 is 4.42 Å². The van der Waals surface area contributed by atoms with Gasteiger partial charge in [-0.3, -0.25) is 0 Å². The molecule has 0 aliphatic heterocycles. The van der Waals surface area contributed by atoms with E-state index in [-0.39, 0.29) is 0 Å². The molecule has 0 bridgehead atoms. The largest absolute Gasteiger partial charge is 0.456 e. The Morgan fingerprint density at radius 2 is 0.806 bits per heavy atom. The molecule has 288 valence electrons. The summed E-state index contributed by atoms with van der Waals surface area (Å²) in [4.78, 5) is 0. The number of hydrogen-bond acceptors (Lipinski definition) is 1. The third kappa shape index (κ3) is 4.97. The zero-order chi connectivity index (χ0) is 40.8. The van der Waals surface area contributed by atoms with Crippen molar-refractivity contribution in [1.29, 1.82) is 0 Å². The van der Waals surface area contributed by atoms with Crippen molar-refractivity contribution in [3.05, 3.63) is 253 Å². The Hall–Kier alpha value is -8.00. The summed E-state index contributed by atoms with van der Waals surface area (Å²) < 4.78 is 6.78. The van der Waals surface area contributed by atoms with Crippen molar-refractivity contribution in [2.24, 2.45) is 0 Å². The zero-order valence-electron chi connectivity index (χ0n) is 33.8. The lowest BCUT2D eigenvalue weighted by atomic mass is 9.67. The van der Waals surface area contributed by atoms with Gasteiger partial charge in [0.05, 0.1) is 5.41 Å². The maximum absolute atomic E-state index is 6.78. The van der Waals surface area contributed by atoms with Crippen LogP contribution < -0.4 is 0 Å². The number of rotatable bonds is 5. The Balaban J connectivity index is 1.03. The van der Waals surface area contributed by atoms with Crippen LogP contribution >= 0.6 is 0 Å². The first-order valence-corrected chi connectivity index (χ1v) is 21.5. The van der Waals surface area contributed by atoms with Gasteiger partial charge in [0.15, 0.2) is 0 Å². The molecule has 1 aromatic heterocycles. The molecule has 0 fully saturated rings. The normalized spacial score (nSPS) is 13.0. The summed E-state index contributed by atoms with van der Waals surface area (Å²) in [5, 5.41) is 9.74. The van der Waals surface area contributed by atoms with Crippen LogP contribution in [0.4, 0.5) is 0 Å². The van der Waals surface area contributed by atoms with Gasteiger partial charge in [-0.25, -0.2) is 0 Å². The highest BCUT2D eigenvalue weighted by atomic mass is 16.3. The van der Waals surface area contributed by atoms with Crippen LogP contribution in [0.3, 0.4) is 0 Å². The fourth-order valence-corrected chi connectivity index (χ4v) is 10.9. The van der Waals surface area contributed by atoms with Crippen LogP contribution in [0.15, 0.2) is 235 Å². The van der Waals surface area contributed by atoms with Crippen LogP contribution in [0.25, 0.3) is 98.8 Å². The van der Waals surface area contributed by atoms with E-state index in [1.54, 1.807) is 0 Å². The quantitative estimate of drug-likeness (QED) is 0.158. The first-order valence-electron chi connectivity index (χ1n) is 21.5. The maximum Gasteiger partial charge on any atom is 0.136 e. The molecule has 0 unspecified atom stereocenters. The first-order chi connectivity index (χ1) is 30.8. The number of benzene rings is 11. The van der Waals surface area contributed by atoms with Gasteiger partial charge in [-0.2, -0.15) is 0 Å². The van der Waals surface area contributed by atoms with Crippen molar-refractivity contribution in [1.82, 2.24) is 0 Å². The highest BCUT2D eigenvalue weighted by molar-refractivity contribution is 6.23. The fraction of sp³-hybridized carbons (Fsp3) is 0.0164. The summed E-state index contributed by atoms with van der Waals surface area (Å²) in [6.07, 6.45) is 0. The Morgan fingerprint density at radius 1 is 0.290 bits per heavy atom. The smallest absolute Gasteiger partial charge is 0.136 e. The molecule has 62 heavy (non-hydrogen) atoms. The van der Waals surface area contributed by atoms with Gasteiger partial charge in [0.2, 0.25) is 0 Å². The summed E-state index contributed by atoms with van der Waals surface area (Å²) >= 11 is 0. The van der Waals surface area contributed by atoms with Crippen molar-refractivity contribution in [3.63, 3.8) is 0 Å². The molecule has 11 aromatic carbocycles. The van der Waals surface area contributed by atoms with Crippen molar-refractivity contribution in [2.75, 3.05) is 0 Å². The van der Waals surface area contributed by atoms with Gasteiger partial charge >= 0.3 is 0 Å². The van der Waals surface area contributed by atoms with Gasteiger partial charge in [-0.05, 0) is 123 Å². The molecule has 1 aliphatic rings. The van der Waals surface area contributed by atoms with Gasteiger partial charge in [0.1, 0.15) is 11.2 Å². The monoisotopic (exact) mass is 786 g/mol. The lowest BCUT2D eigenvalue weighted by Crippen LogP contribution is -2.28. The second kappa shape index (κ2) is 13.5. The SMILES string of the molecule is c1ccc(C2(c3ccccc3)c3ccccc3-c3c2ccc2oc4ccc(-c5c6ccccc6c(-c6ccc(-c7ccc8ccccc8c7)cc6)c6ccccc56)cc4c32)cc1. The Morgan fingerprint density at radius 3 is 1.48 bits per heavy atom. The topological polar surface area (TPSA) is 13.1 Å². The molecule has 1 aliphatic carbocycles. The second-order valence-electron chi connectivity index (χ2n) is 16.7. The minimum atomic E-state index is -0.486. The molecule has 0 saturated heterocycles. The lowest BCUT2D eigenvalue weighted by molar-refractivity contribution is 0.668. The van der Waals surface area contributed by atoms with Gasteiger partial charge in [-0.15, -0.1) is 0 Å². The molecule has 1 heterocycles. The third-order valence-electron chi connectivity index (χ3n) is 13.5. The molecular weight excluding hydrogens is 749 g/mol. The Kier molecular flexibility index (Phi) is 7.59. The summed E-state index contributed by atoms with van der Waals surface area (Å²) in [5.41, 5.74) is 16.2. The van der Waals surface area contributed by atoms with Crippen molar-refractivity contribution in [3.8, 4) is 44.5 Å². The fourth-order valence-electron chi connectivity index (χ4n) is 10.9. The van der Waals surface area contributed by atoms with Crippen molar-refractivity contribution >= 4 is 54.3 Å². The van der Waals surface area contributed by atoms with Crippen LogP contribution in [-0.2, 0) is 5.41 Å². The van der Waals surface area contributed by atoms with E-state index in [9.17, 15) is 0 Å². The number of hydrogen-bond donors (Lipinski definition) is 0. The molecule has 0 radical (unpaired) electrons. The molecule has 13 rings (SSSR count). The molecule has 0 amide bonds. The van der Waals surface area contributed by atoms with Gasteiger partial charge < -0.3 is 4.42 Å². The van der Waals surface area contributed by atoms with Crippen LogP contribution in [0, 0.1) is 0 Å². The van der Waals surface area contributed by atoms with Crippen LogP contribution in [0.5, 0.6) is 0 Å². The Bertz CT molecular complexity index is 3630. The van der Waals surface area contributed by atoms with E-state index in [2.05, 4.69) is 231 Å². The van der Waals surface area contributed by atoms with E-state index in [1.165, 1.54) is 99.1 Å². The minimum Gasteiger partial charge on any atom is -0.456 e. The van der Waals surface area contributed by atoms with Gasteiger partial charge in [-0.1, -0.05) is 206 Å². The molecule has 1 nitrogen and oxygen atoms in total. The molecule has 1 heteroatoms. The average molecular weight is 787 g/mol. The third-order valence-corrected chi connectivity index (χ3v) is 13.5. The predicted octanol–water partition coefficient (Wildman–Crippen LogP) is 16.4. The maximum atomic E-state index is 6.78. The number of furan rings is 1. The van der Waals surface area contributed by atoms with E-state index in [1.807, 2.05) is 0 Å². The molecular formula is C61H38O. The average Bonchev–Trinajstić information content (AvgIpc) is 3.87. The highest BCUT2D eigenvalue weighted by Crippen LogP contribution is 2.59. The van der Waals surface area contributed by atoms with E-state index in [0.717, 1.165) is 21.9 Å². The molecule has 0 saturated carbocycles. The van der Waals surface area contributed by atoms with E-state index < -0.39 is 5.41 Å². The van der Waals surface area contributed by atoms with Gasteiger partial charge in [0.25, 0.3) is 0 Å². The second-order valence-corrected chi connectivity index (χ2v) is 16.7. The predicted molar refractivity (Wildman–Crippen MR) is 260 cm³/mol. The minimum absolute atomic E-state index is 0.486. The van der Waals surface area contributed by atoms with E-state index in [4.69, 9.17) is 4.42 Å². The first kappa shape index (κ1) is 34.8. The van der Waals surface area contributed by atoms with Crippen LogP contribution in [-0.4, -0.2) is 0 Å². The van der Waals surface area contributed by atoms with E-state index in [0.29, 0.717) is 0 Å². The molecule has 0 atom stereocenters. The van der Waals surface area contributed by atoms with Gasteiger partial charge in [0, 0.05) is 10.8 Å². The summed E-state index contributed by atoms with van der Waals surface area (Å²) in [7, 11) is 0. The van der Waals surface area contributed by atoms with Crippen molar-refractivity contribution in [2.45, 2.75) is 5.41 Å². The Labute approximate surface area is 359 Å².